The van der Waals surface area contributed by atoms with Gasteiger partial charge in [0.15, 0.2) is 0 Å². The van der Waals surface area contributed by atoms with E-state index < -0.39 is 16.0 Å². The van der Waals surface area contributed by atoms with Gasteiger partial charge in [-0.15, -0.1) is 0 Å². The Morgan fingerprint density at radius 1 is 0.944 bits per heavy atom. The number of benzene rings is 4. The average molecular weight is 499 g/mol. The van der Waals surface area contributed by atoms with Gasteiger partial charge in [-0.25, -0.2) is 0 Å². The first-order chi connectivity index (χ1) is 17.4. The lowest BCUT2D eigenvalue weighted by molar-refractivity contribution is -0.112. The molecule has 0 radical (unpaired) electrons. The second-order valence-electron chi connectivity index (χ2n) is 7.67. The van der Waals surface area contributed by atoms with E-state index in [2.05, 4.69) is 5.32 Å². The molecule has 0 atom stereocenters. The lowest BCUT2D eigenvalue weighted by Gasteiger charge is -2.11. The molecule has 1 N–H and O–H groups in total. The maximum absolute atomic E-state index is 13.0. The molecule has 0 heterocycles. The molecule has 4 rings (SSSR count). The Labute approximate surface area is 209 Å². The van der Waals surface area contributed by atoms with Crippen molar-refractivity contribution in [2.24, 2.45) is 0 Å². The van der Waals surface area contributed by atoms with Gasteiger partial charge in [0.1, 0.15) is 28.0 Å². The number of amides is 1. The highest BCUT2D eigenvalue weighted by atomic mass is 32.2. The zero-order chi connectivity index (χ0) is 25.5. The summed E-state index contributed by atoms with van der Waals surface area (Å²) >= 11 is 0. The molecule has 0 bridgehead atoms. The highest BCUT2D eigenvalue weighted by molar-refractivity contribution is 7.87. The number of para-hydroxylation sites is 1. The fourth-order valence-corrected chi connectivity index (χ4v) is 4.49. The van der Waals surface area contributed by atoms with E-state index in [4.69, 9.17) is 8.92 Å². The van der Waals surface area contributed by atoms with E-state index >= 15 is 0 Å². The van der Waals surface area contributed by atoms with Crippen LogP contribution in [-0.2, 0) is 14.9 Å². The lowest BCUT2D eigenvalue weighted by atomic mass is 10.1. The number of carbonyl (C=O) groups excluding carboxylic acids is 1. The van der Waals surface area contributed by atoms with Gasteiger partial charge >= 0.3 is 10.1 Å². The van der Waals surface area contributed by atoms with Crippen LogP contribution in [0.15, 0.2) is 101 Å². The van der Waals surface area contributed by atoms with E-state index in [1.54, 1.807) is 48.5 Å². The highest BCUT2D eigenvalue weighted by Gasteiger charge is 2.19. The van der Waals surface area contributed by atoms with Crippen LogP contribution >= 0.6 is 0 Å². The Kier molecular flexibility index (Phi) is 7.33. The molecular weight excluding hydrogens is 476 g/mol. The van der Waals surface area contributed by atoms with E-state index in [1.165, 1.54) is 24.3 Å². The number of ether oxygens (including phenoxy) is 1. The second kappa shape index (κ2) is 10.8. The van der Waals surface area contributed by atoms with E-state index in [0.717, 1.165) is 10.8 Å². The third kappa shape index (κ3) is 5.71. The third-order valence-corrected chi connectivity index (χ3v) is 6.43. The number of nitrogens with zero attached hydrogens (tertiary/aromatic N) is 1. The SMILES string of the molecule is CCOc1cccc(NC(=O)/C(C#N)=C/c2ccccc2OS(=O)(=O)c2ccc3ccccc3c2)c1. The molecule has 0 spiro atoms. The molecule has 4 aromatic carbocycles. The zero-order valence-electron chi connectivity index (χ0n) is 19.3. The Balaban J connectivity index is 1.60. The molecule has 0 aliphatic rings. The number of hydrogen-bond acceptors (Lipinski definition) is 6. The van der Waals surface area contributed by atoms with Crippen LogP contribution in [0.1, 0.15) is 12.5 Å². The van der Waals surface area contributed by atoms with Crippen LogP contribution in [0.4, 0.5) is 5.69 Å². The van der Waals surface area contributed by atoms with Crippen LogP contribution in [0.3, 0.4) is 0 Å². The number of hydrogen-bond donors (Lipinski definition) is 1. The largest absolute Gasteiger partial charge is 0.494 e. The number of anilines is 1. The number of nitriles is 1. The van der Waals surface area contributed by atoms with E-state index in [0.29, 0.717) is 18.0 Å². The van der Waals surface area contributed by atoms with Crippen molar-refractivity contribution in [3.8, 4) is 17.6 Å². The van der Waals surface area contributed by atoms with Crippen molar-refractivity contribution < 1.29 is 22.1 Å². The van der Waals surface area contributed by atoms with Crippen molar-refractivity contribution in [3.05, 3.63) is 102 Å². The molecule has 1 amide bonds. The van der Waals surface area contributed by atoms with Crippen molar-refractivity contribution in [3.63, 3.8) is 0 Å². The molecule has 0 fully saturated rings. The summed E-state index contributed by atoms with van der Waals surface area (Å²) in [7, 11) is -4.18. The minimum Gasteiger partial charge on any atom is -0.494 e. The lowest BCUT2D eigenvalue weighted by Crippen LogP contribution is -2.14. The minimum absolute atomic E-state index is 0.00703. The molecule has 0 saturated heterocycles. The van der Waals surface area contributed by atoms with Gasteiger partial charge in [0.05, 0.1) is 6.61 Å². The van der Waals surface area contributed by atoms with Crippen LogP contribution in [0.5, 0.6) is 11.5 Å². The first-order valence-corrected chi connectivity index (χ1v) is 12.5. The van der Waals surface area contributed by atoms with Gasteiger partial charge in [-0.2, -0.15) is 13.7 Å². The van der Waals surface area contributed by atoms with Crippen LogP contribution < -0.4 is 14.2 Å². The molecule has 7 nitrogen and oxygen atoms in total. The summed E-state index contributed by atoms with van der Waals surface area (Å²) in [6.07, 6.45) is 1.28. The van der Waals surface area contributed by atoms with Crippen molar-refractivity contribution >= 4 is 38.6 Å². The standard InChI is InChI=1S/C28H22N2O5S/c1-2-34-25-12-7-11-24(18-25)30-28(31)23(19-29)16-22-10-5-6-13-27(22)35-36(32,33)26-15-14-20-8-3-4-9-21(20)17-26/h3-18H,2H2,1H3,(H,30,31)/b23-16+. The van der Waals surface area contributed by atoms with Gasteiger partial charge in [-0.05, 0) is 54.1 Å². The Hall–Kier alpha value is -4.61. The molecule has 8 heteroatoms. The zero-order valence-corrected chi connectivity index (χ0v) is 20.2. The number of fused-ring (bicyclic) bond motifs is 1. The second-order valence-corrected chi connectivity index (χ2v) is 9.22. The minimum atomic E-state index is -4.18. The topological polar surface area (TPSA) is 105 Å². The first-order valence-electron chi connectivity index (χ1n) is 11.1. The summed E-state index contributed by atoms with van der Waals surface area (Å²) in [5, 5.41) is 13.9. The van der Waals surface area contributed by atoms with Crippen LogP contribution in [0.2, 0.25) is 0 Å². The molecule has 4 aromatic rings. The van der Waals surface area contributed by atoms with E-state index in [9.17, 15) is 18.5 Å². The molecule has 0 aliphatic carbocycles. The van der Waals surface area contributed by atoms with Gasteiger partial charge in [0.2, 0.25) is 0 Å². The summed E-state index contributed by atoms with van der Waals surface area (Å²) in [5.74, 6) is -0.0849. The van der Waals surface area contributed by atoms with Gasteiger partial charge in [0.25, 0.3) is 5.91 Å². The smallest absolute Gasteiger partial charge is 0.339 e. The molecule has 0 aromatic heterocycles. The highest BCUT2D eigenvalue weighted by Crippen LogP contribution is 2.27. The molecule has 36 heavy (non-hydrogen) atoms. The summed E-state index contributed by atoms with van der Waals surface area (Å²) in [6.45, 7) is 2.32. The first kappa shape index (κ1) is 24.5. The number of rotatable bonds is 8. The van der Waals surface area contributed by atoms with Crippen LogP contribution in [-0.4, -0.2) is 20.9 Å². The Morgan fingerprint density at radius 3 is 2.47 bits per heavy atom. The maximum atomic E-state index is 13.0. The van der Waals surface area contributed by atoms with Crippen molar-refractivity contribution in [2.45, 2.75) is 11.8 Å². The molecule has 0 unspecified atom stereocenters. The van der Waals surface area contributed by atoms with Crippen molar-refractivity contribution in [1.29, 1.82) is 5.26 Å². The predicted molar refractivity (Wildman–Crippen MR) is 138 cm³/mol. The van der Waals surface area contributed by atoms with Gasteiger partial charge in [-0.1, -0.05) is 54.6 Å². The van der Waals surface area contributed by atoms with Gasteiger partial charge < -0.3 is 14.2 Å². The predicted octanol–water partition coefficient (Wildman–Crippen LogP) is 5.55. The van der Waals surface area contributed by atoms with Crippen LogP contribution in [0, 0.1) is 11.3 Å². The summed E-state index contributed by atoms with van der Waals surface area (Å²) < 4.78 is 36.9. The quantitative estimate of drug-likeness (QED) is 0.194. The fraction of sp³-hybridized carbons (Fsp3) is 0.0714. The average Bonchev–Trinajstić information content (AvgIpc) is 2.88. The normalized spacial score (nSPS) is 11.5. The fourth-order valence-electron chi connectivity index (χ4n) is 3.50. The van der Waals surface area contributed by atoms with Gasteiger partial charge in [0, 0.05) is 17.3 Å². The number of nitrogens with one attached hydrogen (secondary N) is 1. The van der Waals surface area contributed by atoms with Crippen molar-refractivity contribution in [2.75, 3.05) is 11.9 Å². The summed E-state index contributed by atoms with van der Waals surface area (Å²) in [5.41, 5.74) is 0.489. The maximum Gasteiger partial charge on any atom is 0.339 e. The number of carbonyl (C=O) groups is 1. The van der Waals surface area contributed by atoms with E-state index in [-0.39, 0.29) is 21.8 Å². The Morgan fingerprint density at radius 2 is 1.69 bits per heavy atom. The summed E-state index contributed by atoms with van der Waals surface area (Å²) in [4.78, 5) is 12.8. The van der Waals surface area contributed by atoms with Gasteiger partial charge in [-0.3, -0.25) is 4.79 Å². The molecule has 180 valence electrons. The molecule has 0 saturated carbocycles. The van der Waals surface area contributed by atoms with Crippen LogP contribution in [0.25, 0.3) is 16.8 Å². The monoisotopic (exact) mass is 498 g/mol. The molecule has 0 aliphatic heterocycles. The van der Waals surface area contributed by atoms with E-state index in [1.807, 2.05) is 37.3 Å². The third-order valence-electron chi connectivity index (χ3n) is 5.20. The van der Waals surface area contributed by atoms with Crippen molar-refractivity contribution in [1.82, 2.24) is 0 Å². The Bertz CT molecular complexity index is 1600. The molecular formula is C28H22N2O5S. The summed E-state index contributed by atoms with van der Waals surface area (Å²) in [6, 6.07) is 27.0.